The van der Waals surface area contributed by atoms with Crippen LogP contribution in [0.1, 0.15) is 63.0 Å². The lowest BCUT2D eigenvalue weighted by Gasteiger charge is -2.28. The minimum atomic E-state index is -0.158. The van der Waals surface area contributed by atoms with E-state index in [1.807, 2.05) is 41.5 Å². The third-order valence-electron chi connectivity index (χ3n) is 2.90. The van der Waals surface area contributed by atoms with Crippen molar-refractivity contribution in [1.82, 2.24) is 0 Å². The van der Waals surface area contributed by atoms with E-state index in [0.717, 1.165) is 17.4 Å². The van der Waals surface area contributed by atoms with Gasteiger partial charge < -0.3 is 5.11 Å². The van der Waals surface area contributed by atoms with Crippen LogP contribution in [-0.4, -0.2) is 11.4 Å². The van der Waals surface area contributed by atoms with E-state index in [1.165, 1.54) is 0 Å². The van der Waals surface area contributed by atoms with Gasteiger partial charge in [0.25, 0.3) is 0 Å². The van der Waals surface area contributed by atoms with Crippen LogP contribution < -0.4 is 0 Å². The molecular weight excluding hydrogens is 212 g/mol. The number of hydrogen-bond donors (Lipinski definition) is 1. The molecule has 1 aromatic carbocycles. The number of aldehydes is 1. The Morgan fingerprint density at radius 2 is 1.29 bits per heavy atom. The normalized spacial score (nSPS) is 12.6. The molecule has 0 radical (unpaired) electrons. The van der Waals surface area contributed by atoms with E-state index in [4.69, 9.17) is 0 Å². The van der Waals surface area contributed by atoms with Crippen LogP contribution in [0.3, 0.4) is 0 Å². The largest absolute Gasteiger partial charge is 0.508 e. The van der Waals surface area contributed by atoms with Gasteiger partial charge in [0.05, 0.1) is 0 Å². The van der Waals surface area contributed by atoms with E-state index in [9.17, 15) is 9.90 Å². The highest BCUT2D eigenvalue weighted by atomic mass is 16.3. The van der Waals surface area contributed by atoms with E-state index in [0.29, 0.717) is 5.56 Å². The van der Waals surface area contributed by atoms with Crippen LogP contribution in [0, 0.1) is 0 Å². The van der Waals surface area contributed by atoms with Gasteiger partial charge in [0.1, 0.15) is 5.75 Å². The fraction of sp³-hybridized carbons (Fsp3) is 0.533. The predicted molar refractivity (Wildman–Crippen MR) is 70.9 cm³/mol. The molecule has 17 heavy (non-hydrogen) atoms. The molecule has 0 amide bonds. The van der Waals surface area contributed by atoms with Crippen LogP contribution in [0.4, 0.5) is 0 Å². The highest BCUT2D eigenvalue weighted by Crippen LogP contribution is 2.35. The zero-order valence-electron chi connectivity index (χ0n) is 11.6. The van der Waals surface area contributed by atoms with Crippen LogP contribution in [0.2, 0.25) is 0 Å². The maximum absolute atomic E-state index is 11.4. The van der Waals surface area contributed by atoms with E-state index in [2.05, 4.69) is 0 Å². The van der Waals surface area contributed by atoms with Crippen molar-refractivity contribution in [3.8, 4) is 5.75 Å². The number of phenols is 1. The molecule has 0 unspecified atom stereocenters. The number of hydrogen-bond acceptors (Lipinski definition) is 2. The lowest BCUT2D eigenvalue weighted by Crippen LogP contribution is -2.20. The number of benzene rings is 1. The van der Waals surface area contributed by atoms with Gasteiger partial charge in [-0.05, 0) is 34.1 Å². The average Bonchev–Trinajstić information content (AvgIpc) is 2.13. The molecule has 0 heterocycles. The zero-order chi connectivity index (χ0) is 13.4. The minimum Gasteiger partial charge on any atom is -0.508 e. The summed E-state index contributed by atoms with van der Waals surface area (Å²) in [4.78, 5) is 11.4. The summed E-state index contributed by atoms with van der Waals surface area (Å²) in [5.41, 5.74) is 2.20. The Morgan fingerprint density at radius 1 is 0.941 bits per heavy atom. The third kappa shape index (κ3) is 2.87. The Kier molecular flexibility index (Phi) is 3.37. The molecule has 0 saturated carbocycles. The summed E-state index contributed by atoms with van der Waals surface area (Å²) in [6, 6.07) is 3.39. The molecule has 0 bridgehead atoms. The number of carbonyl (C=O) groups excluding carboxylic acids is 1. The van der Waals surface area contributed by atoms with Crippen molar-refractivity contribution < 1.29 is 9.90 Å². The smallest absolute Gasteiger partial charge is 0.150 e. The van der Waals surface area contributed by atoms with Gasteiger partial charge in [-0.15, -0.1) is 0 Å². The van der Waals surface area contributed by atoms with Crippen molar-refractivity contribution >= 4 is 6.29 Å². The fourth-order valence-electron chi connectivity index (χ4n) is 2.01. The summed E-state index contributed by atoms with van der Waals surface area (Å²) < 4.78 is 0. The maximum Gasteiger partial charge on any atom is 0.150 e. The topological polar surface area (TPSA) is 37.3 Å². The average molecular weight is 234 g/mol. The van der Waals surface area contributed by atoms with Gasteiger partial charge in [-0.1, -0.05) is 41.5 Å². The maximum atomic E-state index is 11.4. The van der Waals surface area contributed by atoms with Crippen molar-refractivity contribution in [2.24, 2.45) is 0 Å². The molecule has 2 heteroatoms. The van der Waals surface area contributed by atoms with Gasteiger partial charge in [-0.2, -0.15) is 0 Å². The SMILES string of the molecule is CC(C)(C)c1cc(O)cc(C(C)(C)C)c1C=O. The molecule has 0 spiro atoms. The molecule has 1 N–H and O–H groups in total. The highest BCUT2D eigenvalue weighted by molar-refractivity contribution is 5.82. The van der Waals surface area contributed by atoms with Crippen molar-refractivity contribution in [2.45, 2.75) is 52.4 Å². The van der Waals surface area contributed by atoms with Crippen molar-refractivity contribution in [1.29, 1.82) is 0 Å². The molecule has 0 saturated heterocycles. The number of rotatable bonds is 1. The highest BCUT2D eigenvalue weighted by Gasteiger charge is 2.26. The summed E-state index contributed by atoms with van der Waals surface area (Å²) in [6.07, 6.45) is 0.903. The zero-order valence-corrected chi connectivity index (χ0v) is 11.6. The molecule has 0 aliphatic rings. The van der Waals surface area contributed by atoms with Crippen LogP contribution in [0.5, 0.6) is 5.75 Å². The lowest BCUT2D eigenvalue weighted by atomic mass is 9.76. The van der Waals surface area contributed by atoms with E-state index in [-0.39, 0.29) is 16.6 Å². The quantitative estimate of drug-likeness (QED) is 0.750. The standard InChI is InChI=1S/C15H22O2/c1-14(2,3)12-7-10(17)8-13(11(12)9-16)15(4,5)6/h7-9,17H,1-6H3. The molecule has 0 aliphatic carbocycles. The van der Waals surface area contributed by atoms with Gasteiger partial charge in [-0.3, -0.25) is 4.79 Å². The van der Waals surface area contributed by atoms with Crippen LogP contribution in [0.15, 0.2) is 12.1 Å². The summed E-state index contributed by atoms with van der Waals surface area (Å²) in [5, 5.41) is 9.82. The van der Waals surface area contributed by atoms with Gasteiger partial charge in [-0.25, -0.2) is 0 Å². The van der Waals surface area contributed by atoms with E-state index < -0.39 is 0 Å². The second-order valence-corrected chi connectivity index (χ2v) is 6.57. The second-order valence-electron chi connectivity index (χ2n) is 6.57. The lowest BCUT2D eigenvalue weighted by molar-refractivity contribution is 0.111. The van der Waals surface area contributed by atoms with Crippen LogP contribution >= 0.6 is 0 Å². The first-order valence-corrected chi connectivity index (χ1v) is 5.90. The molecule has 0 aliphatic heterocycles. The minimum absolute atomic E-state index is 0.158. The van der Waals surface area contributed by atoms with E-state index in [1.54, 1.807) is 12.1 Å². The first kappa shape index (κ1) is 13.8. The van der Waals surface area contributed by atoms with Gasteiger partial charge in [0.15, 0.2) is 6.29 Å². The molecule has 0 atom stereocenters. The number of phenolic OH excluding ortho intramolecular Hbond substituents is 1. The second kappa shape index (κ2) is 4.17. The Balaban J connectivity index is 3.64. The van der Waals surface area contributed by atoms with Crippen LogP contribution in [0.25, 0.3) is 0 Å². The number of aromatic hydroxyl groups is 1. The molecule has 1 aromatic rings. The van der Waals surface area contributed by atoms with Gasteiger partial charge in [0, 0.05) is 5.56 Å². The van der Waals surface area contributed by atoms with Crippen molar-refractivity contribution in [3.05, 3.63) is 28.8 Å². The molecule has 0 aromatic heterocycles. The molecule has 1 rings (SSSR count). The first-order chi connectivity index (χ1) is 7.57. The Hall–Kier alpha value is -1.31. The van der Waals surface area contributed by atoms with Crippen molar-refractivity contribution in [2.75, 3.05) is 0 Å². The Bertz CT molecular complexity index is 396. The first-order valence-electron chi connectivity index (χ1n) is 5.90. The fourth-order valence-corrected chi connectivity index (χ4v) is 2.01. The summed E-state index contributed by atoms with van der Waals surface area (Å²) in [7, 11) is 0. The Labute approximate surface area is 104 Å². The molecule has 0 fully saturated rings. The monoisotopic (exact) mass is 234 g/mol. The summed E-state index contributed by atoms with van der Waals surface area (Å²) in [5.74, 6) is 0.227. The molecule has 2 nitrogen and oxygen atoms in total. The number of carbonyl (C=O) groups is 1. The van der Waals surface area contributed by atoms with Gasteiger partial charge in [0.2, 0.25) is 0 Å². The van der Waals surface area contributed by atoms with Gasteiger partial charge >= 0.3 is 0 Å². The van der Waals surface area contributed by atoms with E-state index >= 15 is 0 Å². The molecule has 94 valence electrons. The van der Waals surface area contributed by atoms with Crippen LogP contribution in [-0.2, 0) is 10.8 Å². The Morgan fingerprint density at radius 3 is 1.53 bits per heavy atom. The summed E-state index contributed by atoms with van der Waals surface area (Å²) >= 11 is 0. The third-order valence-corrected chi connectivity index (χ3v) is 2.90. The predicted octanol–water partition coefficient (Wildman–Crippen LogP) is 3.80. The molecular formula is C15H22O2. The van der Waals surface area contributed by atoms with Crippen molar-refractivity contribution in [3.63, 3.8) is 0 Å². The summed E-state index contributed by atoms with van der Waals surface area (Å²) in [6.45, 7) is 12.3.